The van der Waals surface area contributed by atoms with Crippen molar-refractivity contribution < 1.29 is 15.0 Å². The molecule has 3 atom stereocenters. The SMILES string of the molecule is CC(O)[C@H]1C(=O)N[C@H]1CCO. The van der Waals surface area contributed by atoms with Crippen LogP contribution in [0.15, 0.2) is 0 Å². The van der Waals surface area contributed by atoms with Crippen molar-refractivity contribution in [3.8, 4) is 0 Å². The minimum Gasteiger partial charge on any atom is -0.396 e. The van der Waals surface area contributed by atoms with Crippen LogP contribution in [-0.4, -0.2) is 34.9 Å². The lowest BCUT2D eigenvalue weighted by atomic mass is 9.84. The Morgan fingerprint density at radius 3 is 2.73 bits per heavy atom. The molecule has 11 heavy (non-hydrogen) atoms. The summed E-state index contributed by atoms with van der Waals surface area (Å²) in [6.07, 6.45) is -0.0818. The van der Waals surface area contributed by atoms with Crippen LogP contribution in [0.2, 0.25) is 0 Å². The van der Waals surface area contributed by atoms with Crippen molar-refractivity contribution in [3.05, 3.63) is 0 Å². The highest BCUT2D eigenvalue weighted by molar-refractivity contribution is 5.86. The lowest BCUT2D eigenvalue weighted by molar-refractivity contribution is -0.140. The van der Waals surface area contributed by atoms with Crippen molar-refractivity contribution in [1.29, 1.82) is 0 Å². The molecular formula is C7H13NO3. The Kier molecular flexibility index (Phi) is 2.46. The van der Waals surface area contributed by atoms with Crippen molar-refractivity contribution in [1.82, 2.24) is 5.32 Å². The van der Waals surface area contributed by atoms with Crippen LogP contribution in [0.3, 0.4) is 0 Å². The molecule has 0 radical (unpaired) electrons. The summed E-state index contributed by atoms with van der Waals surface area (Å²) in [7, 11) is 0. The predicted octanol–water partition coefficient (Wildman–Crippen LogP) is -1.14. The highest BCUT2D eigenvalue weighted by Gasteiger charge is 2.41. The van der Waals surface area contributed by atoms with Gasteiger partial charge in [0.1, 0.15) is 0 Å². The summed E-state index contributed by atoms with van der Waals surface area (Å²) in [5, 5.41) is 20.3. The van der Waals surface area contributed by atoms with Gasteiger partial charge in [-0.25, -0.2) is 0 Å². The van der Waals surface area contributed by atoms with Gasteiger partial charge in [-0.2, -0.15) is 0 Å². The van der Waals surface area contributed by atoms with Crippen LogP contribution in [0.1, 0.15) is 13.3 Å². The molecule has 1 unspecified atom stereocenters. The molecule has 0 aromatic carbocycles. The molecule has 4 nitrogen and oxygen atoms in total. The summed E-state index contributed by atoms with van der Waals surface area (Å²) in [5.74, 6) is -0.430. The van der Waals surface area contributed by atoms with Crippen LogP contribution in [0, 0.1) is 5.92 Å². The van der Waals surface area contributed by atoms with Crippen LogP contribution < -0.4 is 5.32 Å². The second kappa shape index (κ2) is 3.19. The Balaban J connectivity index is 2.41. The molecule has 0 bridgehead atoms. The molecule has 0 aromatic rings. The van der Waals surface area contributed by atoms with E-state index in [1.165, 1.54) is 0 Å². The number of carbonyl (C=O) groups is 1. The van der Waals surface area contributed by atoms with Gasteiger partial charge in [-0.3, -0.25) is 4.79 Å². The molecule has 3 N–H and O–H groups in total. The van der Waals surface area contributed by atoms with E-state index in [9.17, 15) is 4.79 Å². The fourth-order valence-electron chi connectivity index (χ4n) is 1.40. The molecule has 0 spiro atoms. The number of nitrogens with one attached hydrogen (secondary N) is 1. The third-order valence-corrected chi connectivity index (χ3v) is 2.02. The first-order valence-corrected chi connectivity index (χ1v) is 3.76. The van der Waals surface area contributed by atoms with Gasteiger partial charge in [0.25, 0.3) is 0 Å². The van der Waals surface area contributed by atoms with Gasteiger partial charge in [0, 0.05) is 12.6 Å². The third-order valence-electron chi connectivity index (χ3n) is 2.02. The maximum absolute atomic E-state index is 10.8. The van der Waals surface area contributed by atoms with Crippen LogP contribution in [-0.2, 0) is 4.79 Å². The monoisotopic (exact) mass is 159 g/mol. The van der Waals surface area contributed by atoms with Crippen LogP contribution in [0.4, 0.5) is 0 Å². The average molecular weight is 159 g/mol. The maximum atomic E-state index is 10.8. The molecule has 4 heteroatoms. The molecule has 1 amide bonds. The lowest BCUT2D eigenvalue weighted by Gasteiger charge is -2.38. The second-order valence-electron chi connectivity index (χ2n) is 2.89. The zero-order valence-electron chi connectivity index (χ0n) is 6.45. The first-order valence-electron chi connectivity index (χ1n) is 3.76. The Morgan fingerprint density at radius 2 is 2.36 bits per heavy atom. The van der Waals surface area contributed by atoms with Gasteiger partial charge in [-0.05, 0) is 13.3 Å². The van der Waals surface area contributed by atoms with Gasteiger partial charge < -0.3 is 15.5 Å². The maximum Gasteiger partial charge on any atom is 0.228 e. The van der Waals surface area contributed by atoms with Gasteiger partial charge in [0.05, 0.1) is 12.0 Å². The Bertz CT molecular complexity index is 158. The molecule has 64 valence electrons. The molecule has 1 rings (SSSR count). The molecule has 1 aliphatic rings. The van der Waals surface area contributed by atoms with Crippen LogP contribution in [0.5, 0.6) is 0 Å². The number of amides is 1. The number of aliphatic hydroxyl groups excluding tert-OH is 2. The Hall–Kier alpha value is -0.610. The fraction of sp³-hybridized carbons (Fsp3) is 0.857. The third kappa shape index (κ3) is 1.52. The van der Waals surface area contributed by atoms with E-state index in [2.05, 4.69) is 5.32 Å². The summed E-state index contributed by atoms with van der Waals surface area (Å²) >= 11 is 0. The summed E-state index contributed by atoms with van der Waals surface area (Å²) < 4.78 is 0. The first kappa shape index (κ1) is 8.49. The van der Waals surface area contributed by atoms with E-state index in [0.717, 1.165) is 0 Å². The van der Waals surface area contributed by atoms with Gasteiger partial charge in [0.15, 0.2) is 0 Å². The minimum absolute atomic E-state index is 0.0347. The smallest absolute Gasteiger partial charge is 0.228 e. The van der Waals surface area contributed by atoms with Gasteiger partial charge >= 0.3 is 0 Å². The van der Waals surface area contributed by atoms with Gasteiger partial charge in [-0.1, -0.05) is 0 Å². The summed E-state index contributed by atoms with van der Waals surface area (Å²) in [5.41, 5.74) is 0. The summed E-state index contributed by atoms with van der Waals surface area (Å²) in [4.78, 5) is 10.8. The van der Waals surface area contributed by atoms with Gasteiger partial charge in [0.2, 0.25) is 5.91 Å². The zero-order valence-corrected chi connectivity index (χ0v) is 6.45. The van der Waals surface area contributed by atoms with Crippen LogP contribution >= 0.6 is 0 Å². The van der Waals surface area contributed by atoms with E-state index in [0.29, 0.717) is 6.42 Å². The standard InChI is InChI=1S/C7H13NO3/c1-4(10)6-5(2-3-9)8-7(6)11/h4-6,9-10H,2-3H2,1H3,(H,8,11)/t4?,5-,6+/m0/s1. The normalized spacial score (nSPS) is 32.5. The summed E-state index contributed by atoms with van der Waals surface area (Å²) in [6, 6.07) is -0.0347. The van der Waals surface area contributed by atoms with Crippen molar-refractivity contribution in [2.45, 2.75) is 25.5 Å². The van der Waals surface area contributed by atoms with E-state index >= 15 is 0 Å². The van der Waals surface area contributed by atoms with E-state index in [1.807, 2.05) is 0 Å². The molecule has 0 aliphatic carbocycles. The fourth-order valence-corrected chi connectivity index (χ4v) is 1.40. The molecule has 1 fully saturated rings. The van der Waals surface area contributed by atoms with E-state index < -0.39 is 6.10 Å². The van der Waals surface area contributed by atoms with Crippen LogP contribution in [0.25, 0.3) is 0 Å². The number of carbonyl (C=O) groups excluding carboxylic acids is 1. The van der Waals surface area contributed by atoms with Gasteiger partial charge in [-0.15, -0.1) is 0 Å². The molecule has 1 saturated heterocycles. The molecule has 1 heterocycles. The largest absolute Gasteiger partial charge is 0.396 e. The minimum atomic E-state index is -0.611. The van der Waals surface area contributed by atoms with E-state index in [4.69, 9.17) is 10.2 Å². The van der Waals surface area contributed by atoms with Crippen molar-refractivity contribution in [2.75, 3.05) is 6.61 Å². The number of hydrogen-bond donors (Lipinski definition) is 3. The molecule has 0 aromatic heterocycles. The Labute approximate surface area is 65.2 Å². The molecule has 1 aliphatic heterocycles. The predicted molar refractivity (Wildman–Crippen MR) is 38.8 cm³/mol. The highest BCUT2D eigenvalue weighted by atomic mass is 16.3. The quantitative estimate of drug-likeness (QED) is 0.456. The Morgan fingerprint density at radius 1 is 1.73 bits per heavy atom. The summed E-state index contributed by atoms with van der Waals surface area (Å²) in [6.45, 7) is 1.64. The van der Waals surface area contributed by atoms with E-state index in [-0.39, 0.29) is 24.5 Å². The number of aliphatic hydroxyl groups is 2. The highest BCUT2D eigenvalue weighted by Crippen LogP contribution is 2.21. The van der Waals surface area contributed by atoms with Crippen molar-refractivity contribution in [3.63, 3.8) is 0 Å². The average Bonchev–Trinajstić information content (AvgIpc) is 1.85. The number of rotatable bonds is 3. The first-order chi connectivity index (χ1) is 5.16. The second-order valence-corrected chi connectivity index (χ2v) is 2.89. The van der Waals surface area contributed by atoms with E-state index in [1.54, 1.807) is 6.92 Å². The number of hydrogen-bond acceptors (Lipinski definition) is 3. The van der Waals surface area contributed by atoms with Crippen molar-refractivity contribution in [2.24, 2.45) is 5.92 Å². The van der Waals surface area contributed by atoms with Crippen molar-refractivity contribution >= 4 is 5.91 Å². The zero-order chi connectivity index (χ0) is 8.43. The molecular weight excluding hydrogens is 146 g/mol. The molecule has 0 saturated carbocycles. The number of β-lactam (4-membered cyclic amide) rings is 1. The topological polar surface area (TPSA) is 69.6 Å². The lowest BCUT2D eigenvalue weighted by Crippen LogP contribution is -2.62.